The number of aliphatic hydroxyl groups excluding tert-OH is 3. The topological polar surface area (TPSA) is 261 Å². The maximum atomic E-state index is 15.0. The van der Waals surface area contributed by atoms with Crippen LogP contribution in [0.2, 0.25) is 0 Å². The summed E-state index contributed by atoms with van der Waals surface area (Å²) >= 11 is 0. The third kappa shape index (κ3) is 14.0. The number of aromatic hydroxyl groups is 1. The zero-order valence-electron chi connectivity index (χ0n) is 56.3. The second-order valence-corrected chi connectivity index (χ2v) is 31.3. The van der Waals surface area contributed by atoms with E-state index >= 15 is 0 Å². The number of hydrogen-bond donors (Lipinski definition) is 12. The molecule has 3 aromatic carbocycles. The lowest BCUT2D eigenvalue weighted by atomic mass is 9.50. The van der Waals surface area contributed by atoms with Crippen LogP contribution in [-0.4, -0.2) is 120 Å². The molecule has 8 bridgehead atoms. The molecule has 6 saturated carbocycles. The minimum absolute atomic E-state index is 0.00325. The molecule has 0 amide bonds. The molecule has 7 aliphatic heterocycles. The second-order valence-electron chi connectivity index (χ2n) is 31.3. The highest BCUT2D eigenvalue weighted by molar-refractivity contribution is 6.08. The Kier molecular flexibility index (Phi) is 20.3. The summed E-state index contributed by atoms with van der Waals surface area (Å²) in [5.41, 5.74) is 21.8. The number of hydrogen-bond acceptors (Lipinski definition) is 16. The molecule has 7 heterocycles. The van der Waals surface area contributed by atoms with E-state index in [4.69, 9.17) is 21.2 Å². The normalized spacial score (nSPS) is 36.1. The van der Waals surface area contributed by atoms with E-state index in [1.807, 2.05) is 25.3 Å². The molecule has 512 valence electrons. The van der Waals surface area contributed by atoms with Gasteiger partial charge in [-0.15, -0.1) is 0 Å². The summed E-state index contributed by atoms with van der Waals surface area (Å²) in [4.78, 5) is 34.4. The maximum absolute atomic E-state index is 15.0. The monoisotopic (exact) mass is 1300 g/mol. The number of piperidine rings is 1. The van der Waals surface area contributed by atoms with Crippen LogP contribution in [0.1, 0.15) is 144 Å². The Labute approximate surface area is 568 Å². The summed E-state index contributed by atoms with van der Waals surface area (Å²) in [7, 11) is 0. The van der Waals surface area contributed by atoms with Crippen molar-refractivity contribution in [2.24, 2.45) is 86.5 Å². The van der Waals surface area contributed by atoms with Gasteiger partial charge in [0.05, 0.1) is 31.3 Å². The van der Waals surface area contributed by atoms with Gasteiger partial charge >= 0.3 is 0 Å². The number of carbonyl (C=O) groups excluding carboxylic acids is 2. The number of aliphatic imine (C=N–C) groups is 1. The Bertz CT molecular complexity index is 3580. The minimum atomic E-state index is -0.712. The number of fused-ring (bicyclic) bond motifs is 2. The van der Waals surface area contributed by atoms with Gasteiger partial charge in [0.15, 0.2) is 24.1 Å². The first-order chi connectivity index (χ1) is 46.7. The predicted octanol–water partition coefficient (Wildman–Crippen LogP) is 8.34. The van der Waals surface area contributed by atoms with Crippen molar-refractivity contribution in [3.05, 3.63) is 148 Å². The molecule has 14 N–H and O–H groups in total. The number of allylic oxidation sites excluding steroid dienone is 3. The summed E-state index contributed by atoms with van der Waals surface area (Å²) in [5.74, 6) is 6.53. The average Bonchev–Trinajstić information content (AvgIpc) is 1.51. The number of aryl methyl sites for hydroxylation is 2. The van der Waals surface area contributed by atoms with Crippen molar-refractivity contribution in [1.29, 1.82) is 0 Å². The molecule has 16 rings (SSSR count). The molecule has 3 aromatic rings. The first kappa shape index (κ1) is 66.8. The van der Waals surface area contributed by atoms with Crippen molar-refractivity contribution in [2.45, 2.75) is 184 Å². The summed E-state index contributed by atoms with van der Waals surface area (Å²) in [5, 5.41) is 68.4. The standard InChI is InChI=1S/C80H105N9O7/c1-48(92)70-33-56-31-62-35-68-60(45-86-61-16-5-6-17-61)40-80(76(56)68)73-21-20-52(39-79(73,42-74(80)89-70)41-69-65-22-25-83-43-57(65)29-54-15-9-23-84-77(54)69)28-63(93)36-64(94)32-59(46-90)66-37-72(96-47-91)71(95)34-55(66)30-58-44-87-75(81)38-67(58)53(14-8-24-85-78(82)88-62)27-51-13-7-12-50(26-51)19-18-49-10-3-2-4-11-49/h2-4,7,9-13,15,26,32-34,37-38,44,48,52-54,57,60-62,65,68-70,73-77,83-84,86-87,89-92,95H,5-6,14,16-23,25,27-31,35-36,39-43,45-47,81H2,1H3,(H3,82,85,88)/b59-32+/t48-,52-,53+,54-,57+,60+,62-,65-,68-,69-,70+,73+,74+,75?,76+,77+,79-,80-/m0/s1. The zero-order chi connectivity index (χ0) is 66.1. The lowest BCUT2D eigenvalue weighted by molar-refractivity contribution is -0.126. The van der Waals surface area contributed by atoms with E-state index < -0.39 is 31.5 Å². The summed E-state index contributed by atoms with van der Waals surface area (Å²) in [6.45, 7) is 4.66. The molecular weight excluding hydrogens is 1200 g/mol. The highest BCUT2D eigenvalue weighted by atomic mass is 16.6. The Morgan fingerprint density at radius 3 is 2.57 bits per heavy atom. The Balaban J connectivity index is 0.856. The highest BCUT2D eigenvalue weighted by Crippen LogP contribution is 2.75. The quantitative estimate of drug-likeness (QED) is 0.0313. The molecule has 16 heteroatoms. The van der Waals surface area contributed by atoms with Crippen LogP contribution in [0.3, 0.4) is 0 Å². The number of phenols is 1. The van der Waals surface area contributed by atoms with Crippen LogP contribution in [0, 0.1) is 82.0 Å². The van der Waals surface area contributed by atoms with E-state index in [9.17, 15) is 30.0 Å². The number of nitrogens with two attached hydrogens (primary N) is 2. The number of aliphatic hydroxyl groups is 3. The highest BCUT2D eigenvalue weighted by Gasteiger charge is 2.72. The van der Waals surface area contributed by atoms with Gasteiger partial charge in [0.1, 0.15) is 5.78 Å². The molecule has 6 aliphatic carbocycles. The van der Waals surface area contributed by atoms with Crippen molar-refractivity contribution < 1.29 is 34.8 Å². The van der Waals surface area contributed by atoms with Crippen LogP contribution < -0.4 is 48.1 Å². The number of Topliss-reactive ketones (excluding diaryl/α,β-unsaturated/α-hetero) is 1. The number of guanidine groups is 1. The van der Waals surface area contributed by atoms with E-state index in [0.29, 0.717) is 95.8 Å². The average molecular weight is 1300 g/mol. The Morgan fingerprint density at radius 2 is 1.74 bits per heavy atom. The van der Waals surface area contributed by atoms with Crippen LogP contribution >= 0.6 is 0 Å². The number of carbonyl (C=O) groups is 2. The summed E-state index contributed by atoms with van der Waals surface area (Å²) < 4.78 is 5.54. The lowest BCUT2D eigenvalue weighted by Crippen LogP contribution is -2.57. The number of phenolic OH excluding ortho intramolecular Hbond substituents is 1. The number of rotatable bonds is 14. The molecule has 7 fully saturated rings. The molecule has 1 unspecified atom stereocenters. The van der Waals surface area contributed by atoms with Crippen molar-refractivity contribution in [3.8, 4) is 23.5 Å². The Hall–Kier alpha value is -6.39. The number of nitrogens with zero attached hydrogens (tertiary/aromatic N) is 1. The van der Waals surface area contributed by atoms with E-state index in [2.05, 4.69) is 111 Å². The first-order valence-corrected chi connectivity index (χ1v) is 36.8. The molecule has 0 aromatic heterocycles. The molecule has 1 saturated heterocycles. The number of dihydropyridines is 1. The van der Waals surface area contributed by atoms with Gasteiger partial charge in [-0.05, 0) is 268 Å². The van der Waals surface area contributed by atoms with Gasteiger partial charge < -0.3 is 68.5 Å². The number of ketones is 2. The first-order valence-electron chi connectivity index (χ1n) is 36.8. The fraction of sp³-hybridized carbons (Fsp3) is 0.588. The van der Waals surface area contributed by atoms with Gasteiger partial charge in [-0.25, -0.2) is 0 Å². The van der Waals surface area contributed by atoms with Crippen molar-refractivity contribution >= 4 is 23.1 Å². The smallest absolute Gasteiger partial charge is 0.202 e. The molecule has 1 spiro atoms. The van der Waals surface area contributed by atoms with Gasteiger partial charge in [-0.3, -0.25) is 9.59 Å². The third-order valence-electron chi connectivity index (χ3n) is 25.5. The van der Waals surface area contributed by atoms with Crippen molar-refractivity contribution in [1.82, 2.24) is 31.9 Å². The minimum Gasteiger partial charge on any atom is -0.504 e. The summed E-state index contributed by atoms with van der Waals surface area (Å²) in [6.07, 6.45) is 29.7. The van der Waals surface area contributed by atoms with Crippen LogP contribution in [0.15, 0.2) is 125 Å². The van der Waals surface area contributed by atoms with Gasteiger partial charge in [-0.2, -0.15) is 4.99 Å². The number of nitrogens with one attached hydrogen (secondary N) is 6. The van der Waals surface area contributed by atoms with E-state index in [1.165, 1.54) is 61.3 Å². The lowest BCUT2D eigenvalue weighted by Gasteiger charge is -2.56. The van der Waals surface area contributed by atoms with E-state index in [0.717, 1.165) is 107 Å². The third-order valence-corrected chi connectivity index (χ3v) is 25.5. The van der Waals surface area contributed by atoms with E-state index in [1.54, 1.807) is 12.1 Å². The molecule has 16 nitrogen and oxygen atoms in total. The van der Waals surface area contributed by atoms with Crippen LogP contribution in [0.25, 0.3) is 5.57 Å². The van der Waals surface area contributed by atoms with Gasteiger partial charge in [0, 0.05) is 55.8 Å². The largest absolute Gasteiger partial charge is 0.504 e. The van der Waals surface area contributed by atoms with Crippen LogP contribution in [0.4, 0.5) is 0 Å². The van der Waals surface area contributed by atoms with Crippen LogP contribution in [-0.2, 0) is 35.3 Å². The SMILES string of the molecule is C[C@H](O)[C@H]1C=C2C[C@H]3C[C@H]4[C@@H](CNC5CCCC5)C[C@]5([C@H]24)[C@@H]2CC[C@@H](CC(=O)CC(=O)/C=C(\CO)c4cc(OCO)c(O)cc4CC4=CNC(N)C=C4[C@@H](Cc4cccc(CCc6ccccc6)c4)CC#CN=C(N)N3)C[C@]2(C[C@H]2[C@H]3CCNC[C@H]3C[C@@H]3C=CCN[C@@H]23)C[C@H]5N1. The van der Waals surface area contributed by atoms with Gasteiger partial charge in [-0.1, -0.05) is 97.2 Å². The fourth-order valence-corrected chi connectivity index (χ4v) is 21.9. The van der Waals surface area contributed by atoms with Crippen molar-refractivity contribution in [2.75, 3.05) is 39.6 Å². The summed E-state index contributed by atoms with van der Waals surface area (Å²) in [6, 6.07) is 26.4. The number of ether oxygens (including phenoxy) is 1. The van der Waals surface area contributed by atoms with Crippen LogP contribution in [0.5, 0.6) is 11.5 Å². The molecule has 18 atom stereocenters. The van der Waals surface area contributed by atoms with Crippen molar-refractivity contribution in [3.63, 3.8) is 0 Å². The fourth-order valence-electron chi connectivity index (χ4n) is 21.9. The maximum Gasteiger partial charge on any atom is 0.202 e. The number of benzene rings is 3. The molecule has 0 radical (unpaired) electrons. The predicted molar refractivity (Wildman–Crippen MR) is 377 cm³/mol. The zero-order valence-corrected chi connectivity index (χ0v) is 56.3. The van der Waals surface area contributed by atoms with Gasteiger partial charge in [0.25, 0.3) is 0 Å². The Morgan fingerprint density at radius 1 is 0.906 bits per heavy atom. The molecular formula is C80H105N9O7. The van der Waals surface area contributed by atoms with Gasteiger partial charge in [0.2, 0.25) is 5.96 Å². The molecule has 13 aliphatic rings. The second kappa shape index (κ2) is 29.2. The van der Waals surface area contributed by atoms with E-state index in [-0.39, 0.29) is 76.5 Å². The molecule has 96 heavy (non-hydrogen) atoms.